The molecule has 0 unspecified atom stereocenters. The lowest BCUT2D eigenvalue weighted by Gasteiger charge is -2.30. The Morgan fingerprint density at radius 1 is 1.44 bits per heavy atom. The average Bonchev–Trinajstić information content (AvgIpc) is 2.34. The maximum atomic E-state index is 13.0. The molecule has 0 aromatic heterocycles. The number of hydrogen-bond donors (Lipinski definition) is 1. The zero-order valence-corrected chi connectivity index (χ0v) is 11.6. The molecular formula is C12H19ClFNS. The van der Waals surface area contributed by atoms with Crippen LogP contribution in [0.1, 0.15) is 33.6 Å². The molecule has 0 aromatic rings. The van der Waals surface area contributed by atoms with E-state index in [1.807, 2.05) is 38.5 Å². The molecule has 0 aliphatic carbocycles. The highest BCUT2D eigenvalue weighted by Gasteiger charge is 2.28. The molecule has 0 aromatic carbocycles. The Balaban J connectivity index is 4.98. The van der Waals surface area contributed by atoms with Gasteiger partial charge in [-0.2, -0.15) is 0 Å². The summed E-state index contributed by atoms with van der Waals surface area (Å²) in [6.07, 6.45) is 6.93. The second-order valence-electron chi connectivity index (χ2n) is 3.50. The highest BCUT2D eigenvalue weighted by Crippen LogP contribution is 2.28. The van der Waals surface area contributed by atoms with Gasteiger partial charge in [0.1, 0.15) is 0 Å². The summed E-state index contributed by atoms with van der Waals surface area (Å²) >= 11 is 0. The highest BCUT2D eigenvalue weighted by atomic mass is 35.7. The first kappa shape index (κ1) is 15.8. The van der Waals surface area contributed by atoms with Gasteiger partial charge in [-0.25, -0.2) is 0 Å². The summed E-state index contributed by atoms with van der Waals surface area (Å²) in [5, 5.41) is 0. The minimum atomic E-state index is -0.609. The molecule has 0 bridgehead atoms. The Labute approximate surface area is 106 Å². The monoisotopic (exact) mass is 263 g/mol. The molecule has 0 heterocycles. The number of nitrogens with one attached hydrogen (secondary N) is 1. The van der Waals surface area contributed by atoms with Crippen molar-refractivity contribution < 1.29 is 4.48 Å². The van der Waals surface area contributed by atoms with Crippen LogP contribution in [0.5, 0.6) is 0 Å². The third-order valence-electron chi connectivity index (χ3n) is 2.80. The first-order chi connectivity index (χ1) is 7.60. The maximum Gasteiger partial charge on any atom is 0.0721 e. The maximum absolute atomic E-state index is 13.0. The van der Waals surface area contributed by atoms with E-state index >= 15 is 0 Å². The summed E-state index contributed by atoms with van der Waals surface area (Å²) < 4.78 is 13.0. The van der Waals surface area contributed by atoms with Crippen molar-refractivity contribution in [1.82, 2.24) is 5.54 Å². The number of allylic oxidation sites excluding steroid dienone is 2. The van der Waals surface area contributed by atoms with Gasteiger partial charge in [0, 0.05) is 4.91 Å². The van der Waals surface area contributed by atoms with Crippen LogP contribution in [-0.4, -0.2) is 5.54 Å². The van der Waals surface area contributed by atoms with Crippen LogP contribution in [0.2, 0.25) is 0 Å². The fourth-order valence-corrected chi connectivity index (χ4v) is 1.86. The lowest BCUT2D eigenvalue weighted by Crippen LogP contribution is -2.40. The van der Waals surface area contributed by atoms with Gasteiger partial charge in [0.2, 0.25) is 0 Å². The van der Waals surface area contributed by atoms with Gasteiger partial charge in [0.15, 0.2) is 0 Å². The van der Waals surface area contributed by atoms with Crippen LogP contribution in [0, 0.1) is 0 Å². The molecule has 0 aliphatic heterocycles. The van der Waals surface area contributed by atoms with E-state index in [9.17, 15) is 4.48 Å². The number of rotatable bonds is 7. The SMILES string of the molecule is C=C(/C=C\C(=C/C)C(CC)(CC)NF)SCl. The normalized spacial score (nSPS) is 13.4. The lowest BCUT2D eigenvalue weighted by molar-refractivity contribution is 0.192. The summed E-state index contributed by atoms with van der Waals surface area (Å²) in [6, 6.07) is 0. The quantitative estimate of drug-likeness (QED) is 0.517. The van der Waals surface area contributed by atoms with Crippen LogP contribution in [-0.2, 0) is 0 Å². The third-order valence-corrected chi connectivity index (χ3v) is 3.73. The van der Waals surface area contributed by atoms with Crippen molar-refractivity contribution in [2.75, 3.05) is 0 Å². The van der Waals surface area contributed by atoms with Crippen LogP contribution < -0.4 is 5.54 Å². The fourth-order valence-electron chi connectivity index (χ4n) is 1.59. The van der Waals surface area contributed by atoms with Gasteiger partial charge in [0.25, 0.3) is 0 Å². The van der Waals surface area contributed by atoms with E-state index in [-0.39, 0.29) is 0 Å². The van der Waals surface area contributed by atoms with Crippen LogP contribution in [0.3, 0.4) is 0 Å². The molecule has 0 amide bonds. The summed E-state index contributed by atoms with van der Waals surface area (Å²) in [7, 11) is 6.61. The summed E-state index contributed by atoms with van der Waals surface area (Å²) in [4.78, 5) is 0.737. The molecule has 92 valence electrons. The minimum absolute atomic E-state index is 0.609. The van der Waals surface area contributed by atoms with Crippen LogP contribution in [0.15, 0.2) is 35.3 Å². The van der Waals surface area contributed by atoms with E-state index in [1.165, 1.54) is 0 Å². The van der Waals surface area contributed by atoms with Gasteiger partial charge < -0.3 is 0 Å². The van der Waals surface area contributed by atoms with Crippen molar-refractivity contribution in [3.05, 3.63) is 35.3 Å². The van der Waals surface area contributed by atoms with Gasteiger partial charge >= 0.3 is 0 Å². The Hall–Kier alpha value is -0.250. The number of hydrogen-bond acceptors (Lipinski definition) is 2. The van der Waals surface area contributed by atoms with Crippen molar-refractivity contribution in [3.8, 4) is 0 Å². The van der Waals surface area contributed by atoms with Crippen LogP contribution >= 0.6 is 21.7 Å². The van der Waals surface area contributed by atoms with E-state index in [2.05, 4.69) is 6.58 Å². The highest BCUT2D eigenvalue weighted by molar-refractivity contribution is 8.24. The molecule has 16 heavy (non-hydrogen) atoms. The number of halogens is 2. The topological polar surface area (TPSA) is 12.0 Å². The zero-order valence-electron chi connectivity index (χ0n) is 10.0. The molecule has 0 fully saturated rings. The second kappa shape index (κ2) is 7.93. The molecule has 0 atom stereocenters. The van der Waals surface area contributed by atoms with E-state index in [0.29, 0.717) is 12.8 Å². The Bertz CT molecular complexity index is 274. The molecule has 0 saturated carbocycles. The predicted octanol–water partition coefficient (Wildman–Crippen LogP) is 4.92. The first-order valence-corrected chi connectivity index (χ1v) is 6.94. The summed E-state index contributed by atoms with van der Waals surface area (Å²) in [6.45, 7) is 9.55. The Kier molecular flexibility index (Phi) is 7.81. The summed E-state index contributed by atoms with van der Waals surface area (Å²) in [5.74, 6) is 0. The van der Waals surface area contributed by atoms with Crippen molar-refractivity contribution in [3.63, 3.8) is 0 Å². The summed E-state index contributed by atoms with van der Waals surface area (Å²) in [5.41, 5.74) is 2.22. The molecule has 0 spiro atoms. The van der Waals surface area contributed by atoms with E-state index in [4.69, 9.17) is 10.7 Å². The molecule has 0 rings (SSSR count). The standard InChI is InChI=1S/C12H19ClFNS/c1-5-11(9-8-10(4)16-13)12(6-2,7-3)15-14/h5,8-9,15H,4,6-7H2,1-3H3/b9-8-,11-5+. The van der Waals surface area contributed by atoms with Crippen LogP contribution in [0.25, 0.3) is 0 Å². The zero-order chi connectivity index (χ0) is 12.6. The molecular weight excluding hydrogens is 245 g/mol. The average molecular weight is 264 g/mol. The van der Waals surface area contributed by atoms with E-state index in [1.54, 1.807) is 6.08 Å². The fraction of sp³-hybridized carbons (Fsp3) is 0.500. The predicted molar refractivity (Wildman–Crippen MR) is 73.0 cm³/mol. The van der Waals surface area contributed by atoms with Crippen molar-refractivity contribution in [1.29, 1.82) is 0 Å². The van der Waals surface area contributed by atoms with Gasteiger partial charge in [-0.1, -0.05) is 32.6 Å². The van der Waals surface area contributed by atoms with Gasteiger partial charge in [-0.05, 0) is 53.1 Å². The van der Waals surface area contributed by atoms with Crippen molar-refractivity contribution in [2.45, 2.75) is 39.2 Å². The van der Waals surface area contributed by atoms with Crippen molar-refractivity contribution >= 4 is 21.7 Å². The Morgan fingerprint density at radius 3 is 2.31 bits per heavy atom. The Morgan fingerprint density at radius 2 is 2.00 bits per heavy atom. The molecule has 1 N–H and O–H groups in total. The first-order valence-electron chi connectivity index (χ1n) is 5.30. The minimum Gasteiger partial charge on any atom is -0.149 e. The third kappa shape index (κ3) is 3.96. The van der Waals surface area contributed by atoms with Crippen molar-refractivity contribution in [2.24, 2.45) is 0 Å². The molecule has 1 nitrogen and oxygen atoms in total. The second-order valence-corrected chi connectivity index (χ2v) is 4.65. The lowest BCUT2D eigenvalue weighted by atomic mass is 9.85. The van der Waals surface area contributed by atoms with E-state index < -0.39 is 5.54 Å². The smallest absolute Gasteiger partial charge is 0.0721 e. The molecule has 0 radical (unpaired) electrons. The van der Waals surface area contributed by atoms with Gasteiger partial charge in [-0.15, -0.1) is 10.0 Å². The van der Waals surface area contributed by atoms with Gasteiger partial charge in [0.05, 0.1) is 5.54 Å². The molecule has 4 heteroatoms. The van der Waals surface area contributed by atoms with E-state index in [0.717, 1.165) is 21.5 Å². The molecule has 0 aliphatic rings. The van der Waals surface area contributed by atoms with Crippen LogP contribution in [0.4, 0.5) is 4.48 Å². The van der Waals surface area contributed by atoms with Gasteiger partial charge in [-0.3, -0.25) is 0 Å². The molecule has 0 saturated heterocycles. The largest absolute Gasteiger partial charge is 0.149 e.